The minimum Gasteiger partial charge on any atom is -0.383 e. The van der Waals surface area contributed by atoms with E-state index in [0.717, 1.165) is 36.1 Å². The average Bonchev–Trinajstić information content (AvgIpc) is 3.22. The summed E-state index contributed by atoms with van der Waals surface area (Å²) in [5.41, 5.74) is 2.43. The summed E-state index contributed by atoms with van der Waals surface area (Å²) in [6.07, 6.45) is 3.22. The van der Waals surface area contributed by atoms with Gasteiger partial charge in [0, 0.05) is 42.6 Å². The highest BCUT2D eigenvalue weighted by Crippen LogP contribution is 2.23. The number of hydrogen-bond acceptors (Lipinski definition) is 4. The van der Waals surface area contributed by atoms with Gasteiger partial charge in [0.05, 0.1) is 18.7 Å². The molecule has 0 saturated carbocycles. The van der Waals surface area contributed by atoms with Crippen LogP contribution in [0.25, 0.3) is 10.9 Å². The Morgan fingerprint density at radius 3 is 3.08 bits per heavy atom. The molecule has 0 unspecified atom stereocenters. The van der Waals surface area contributed by atoms with E-state index in [1.807, 2.05) is 23.9 Å². The molecular formula is C17H23ClN4O2. The molecule has 1 aromatic carbocycles. The zero-order valence-electron chi connectivity index (χ0n) is 14.1. The second-order valence-electron chi connectivity index (χ2n) is 6.26. The molecule has 2 heterocycles. The third kappa shape index (κ3) is 3.55. The third-order valence-electron chi connectivity index (χ3n) is 4.56. The van der Waals surface area contributed by atoms with Gasteiger partial charge in [0.1, 0.15) is 0 Å². The van der Waals surface area contributed by atoms with Gasteiger partial charge < -0.3 is 10.1 Å². The SMILES string of the molecule is COCCN(Cl)C(=O)c1ccc2nn(C[C@@H]3CCNC3)cc2c1C. The second kappa shape index (κ2) is 7.51. The molecule has 0 aliphatic carbocycles. The van der Waals surface area contributed by atoms with E-state index in [2.05, 4.69) is 10.4 Å². The highest BCUT2D eigenvalue weighted by Gasteiger charge is 2.19. The number of carbonyl (C=O) groups excluding carboxylic acids is 1. The van der Waals surface area contributed by atoms with Crippen molar-refractivity contribution in [1.29, 1.82) is 0 Å². The fraction of sp³-hybridized carbons (Fsp3) is 0.529. The quantitative estimate of drug-likeness (QED) is 0.811. The van der Waals surface area contributed by atoms with Crippen molar-refractivity contribution in [2.45, 2.75) is 19.9 Å². The summed E-state index contributed by atoms with van der Waals surface area (Å²) in [6.45, 7) is 5.72. The molecule has 1 amide bonds. The molecule has 3 rings (SSSR count). The molecule has 1 aliphatic rings. The third-order valence-corrected chi connectivity index (χ3v) is 4.88. The minimum atomic E-state index is -0.208. The zero-order valence-corrected chi connectivity index (χ0v) is 14.8. The second-order valence-corrected chi connectivity index (χ2v) is 6.67. The number of fused-ring (bicyclic) bond motifs is 1. The maximum Gasteiger partial charge on any atom is 0.268 e. The van der Waals surface area contributed by atoms with E-state index >= 15 is 0 Å². The van der Waals surface area contributed by atoms with Crippen molar-refractivity contribution in [3.63, 3.8) is 0 Å². The summed E-state index contributed by atoms with van der Waals surface area (Å²) >= 11 is 6.06. The molecule has 6 nitrogen and oxygen atoms in total. The molecule has 1 fully saturated rings. The highest BCUT2D eigenvalue weighted by atomic mass is 35.5. The molecule has 24 heavy (non-hydrogen) atoms. The predicted octanol–water partition coefficient (Wildman–Crippen LogP) is 2.20. The van der Waals surface area contributed by atoms with Crippen LogP contribution in [0.1, 0.15) is 22.3 Å². The number of rotatable bonds is 6. The van der Waals surface area contributed by atoms with E-state index < -0.39 is 0 Å². The Morgan fingerprint density at radius 1 is 1.54 bits per heavy atom. The van der Waals surface area contributed by atoms with Gasteiger partial charge in [-0.15, -0.1) is 0 Å². The smallest absolute Gasteiger partial charge is 0.268 e. The number of ether oxygens (including phenoxy) is 1. The first-order valence-electron chi connectivity index (χ1n) is 8.24. The van der Waals surface area contributed by atoms with Crippen molar-refractivity contribution in [3.05, 3.63) is 29.5 Å². The summed E-state index contributed by atoms with van der Waals surface area (Å²) in [5, 5.41) is 9.02. The van der Waals surface area contributed by atoms with Crippen LogP contribution in [0, 0.1) is 12.8 Å². The molecule has 1 aromatic heterocycles. The number of aryl methyl sites for hydroxylation is 1. The van der Waals surface area contributed by atoms with Gasteiger partial charge in [-0.1, -0.05) is 0 Å². The van der Waals surface area contributed by atoms with E-state index in [1.54, 1.807) is 13.2 Å². The number of halogens is 1. The largest absolute Gasteiger partial charge is 0.383 e. The van der Waals surface area contributed by atoms with Crippen LogP contribution in [-0.4, -0.2) is 53.5 Å². The van der Waals surface area contributed by atoms with Gasteiger partial charge in [0.15, 0.2) is 0 Å². The minimum absolute atomic E-state index is 0.208. The van der Waals surface area contributed by atoms with Crippen LogP contribution in [0.3, 0.4) is 0 Å². The van der Waals surface area contributed by atoms with Crippen LogP contribution >= 0.6 is 11.8 Å². The van der Waals surface area contributed by atoms with E-state index in [4.69, 9.17) is 16.5 Å². The van der Waals surface area contributed by atoms with Gasteiger partial charge in [-0.25, -0.2) is 4.42 Å². The molecule has 1 N–H and O–H groups in total. The fourth-order valence-electron chi connectivity index (χ4n) is 3.14. The number of hydrogen-bond donors (Lipinski definition) is 1. The molecular weight excluding hydrogens is 328 g/mol. The Bertz CT molecular complexity index is 725. The Hall–Kier alpha value is -1.63. The lowest BCUT2D eigenvalue weighted by atomic mass is 10.0. The first-order valence-corrected chi connectivity index (χ1v) is 8.58. The molecule has 1 saturated heterocycles. The molecule has 130 valence electrons. The molecule has 2 aromatic rings. The summed E-state index contributed by atoms with van der Waals surface area (Å²) in [6, 6.07) is 3.69. The maximum absolute atomic E-state index is 12.5. The van der Waals surface area contributed by atoms with Gasteiger partial charge in [-0.3, -0.25) is 9.48 Å². The lowest BCUT2D eigenvalue weighted by Crippen LogP contribution is -2.25. The molecule has 7 heteroatoms. The standard InChI is InChI=1S/C17H23ClN4O2/c1-12-14(17(23)22(18)7-8-24-2)3-4-16-15(12)11-21(20-16)10-13-5-6-19-9-13/h3-4,11,13,19H,5-10H2,1-2H3/t13-/m1/s1. The molecule has 1 atom stereocenters. The summed E-state index contributed by atoms with van der Waals surface area (Å²) in [5.74, 6) is 0.411. The summed E-state index contributed by atoms with van der Waals surface area (Å²) in [4.78, 5) is 12.5. The van der Waals surface area contributed by atoms with Crippen LogP contribution in [0.15, 0.2) is 18.3 Å². The van der Waals surface area contributed by atoms with Crippen molar-refractivity contribution < 1.29 is 9.53 Å². The number of aromatic nitrogens is 2. The monoisotopic (exact) mass is 350 g/mol. The Labute approximate surface area is 146 Å². The number of carbonyl (C=O) groups is 1. The number of benzene rings is 1. The van der Waals surface area contributed by atoms with Gasteiger partial charge in [0.25, 0.3) is 5.91 Å². The van der Waals surface area contributed by atoms with Crippen molar-refractivity contribution >= 4 is 28.6 Å². The first kappa shape index (κ1) is 17.2. The van der Waals surface area contributed by atoms with E-state index in [9.17, 15) is 4.79 Å². The lowest BCUT2D eigenvalue weighted by molar-refractivity contribution is 0.0828. The van der Waals surface area contributed by atoms with Crippen molar-refractivity contribution in [2.75, 3.05) is 33.4 Å². The molecule has 0 bridgehead atoms. The van der Waals surface area contributed by atoms with E-state index in [-0.39, 0.29) is 5.91 Å². The van der Waals surface area contributed by atoms with Crippen LogP contribution in [0.5, 0.6) is 0 Å². The topological polar surface area (TPSA) is 59.4 Å². The lowest BCUT2D eigenvalue weighted by Gasteiger charge is -2.14. The molecule has 0 radical (unpaired) electrons. The summed E-state index contributed by atoms with van der Waals surface area (Å²) < 4.78 is 8.13. The predicted molar refractivity (Wildman–Crippen MR) is 94.2 cm³/mol. The van der Waals surface area contributed by atoms with Crippen LogP contribution in [-0.2, 0) is 11.3 Å². The van der Waals surface area contributed by atoms with Crippen molar-refractivity contribution in [3.8, 4) is 0 Å². The fourth-order valence-corrected chi connectivity index (χ4v) is 3.30. The van der Waals surface area contributed by atoms with Gasteiger partial charge >= 0.3 is 0 Å². The van der Waals surface area contributed by atoms with Crippen LogP contribution in [0.2, 0.25) is 0 Å². The number of nitrogens with zero attached hydrogens (tertiary/aromatic N) is 3. The molecule has 0 spiro atoms. The Balaban J connectivity index is 1.82. The van der Waals surface area contributed by atoms with Gasteiger partial charge in [-0.05, 0) is 50.0 Å². The van der Waals surface area contributed by atoms with Crippen LogP contribution in [0.4, 0.5) is 0 Å². The number of methoxy groups -OCH3 is 1. The highest BCUT2D eigenvalue weighted by molar-refractivity contribution is 6.24. The van der Waals surface area contributed by atoms with E-state index in [0.29, 0.717) is 24.6 Å². The maximum atomic E-state index is 12.5. The molecule has 1 aliphatic heterocycles. The normalized spacial score (nSPS) is 17.5. The Kier molecular flexibility index (Phi) is 5.38. The average molecular weight is 351 g/mol. The number of amides is 1. The summed E-state index contributed by atoms with van der Waals surface area (Å²) in [7, 11) is 1.58. The van der Waals surface area contributed by atoms with E-state index in [1.165, 1.54) is 10.8 Å². The number of nitrogens with one attached hydrogen (secondary N) is 1. The van der Waals surface area contributed by atoms with Crippen molar-refractivity contribution in [1.82, 2.24) is 19.5 Å². The van der Waals surface area contributed by atoms with Crippen molar-refractivity contribution in [2.24, 2.45) is 5.92 Å². The van der Waals surface area contributed by atoms with Crippen LogP contribution < -0.4 is 5.32 Å². The first-order chi connectivity index (χ1) is 11.6. The van der Waals surface area contributed by atoms with Gasteiger partial charge in [-0.2, -0.15) is 5.10 Å². The Morgan fingerprint density at radius 2 is 2.38 bits per heavy atom. The van der Waals surface area contributed by atoms with Gasteiger partial charge in [0.2, 0.25) is 0 Å². The zero-order chi connectivity index (χ0) is 17.1.